The van der Waals surface area contributed by atoms with Gasteiger partial charge in [-0.15, -0.1) is 0 Å². The number of urea groups is 1. The molecule has 0 bridgehead atoms. The fourth-order valence-electron chi connectivity index (χ4n) is 3.47. The van der Waals surface area contributed by atoms with E-state index in [4.69, 9.17) is 0 Å². The summed E-state index contributed by atoms with van der Waals surface area (Å²) in [6, 6.07) is 11.9. The van der Waals surface area contributed by atoms with Gasteiger partial charge in [-0.2, -0.15) is 13.2 Å². The Balaban J connectivity index is 1.56. The molecule has 0 atom stereocenters. The molecule has 0 saturated heterocycles. The molecule has 3 amide bonds. The number of carbonyl (C=O) groups excluding carboxylic acids is 3. The highest BCUT2D eigenvalue weighted by Crippen LogP contribution is 2.41. The quantitative estimate of drug-likeness (QED) is 0.455. The summed E-state index contributed by atoms with van der Waals surface area (Å²) in [5.41, 5.74) is -4.15. The molecule has 0 aliphatic carbocycles. The predicted molar refractivity (Wildman–Crippen MR) is 112 cm³/mol. The van der Waals surface area contributed by atoms with E-state index < -0.39 is 46.3 Å². The Morgan fingerprint density at radius 2 is 1.61 bits per heavy atom. The van der Waals surface area contributed by atoms with E-state index >= 15 is 0 Å². The zero-order valence-electron chi connectivity index (χ0n) is 16.6. The first kappa shape index (κ1) is 22.5. The highest BCUT2D eigenvalue weighted by Gasteiger charge is 2.45. The smallest absolute Gasteiger partial charge is 0.351 e. The first-order valence-electron chi connectivity index (χ1n) is 9.45. The zero-order valence-corrected chi connectivity index (χ0v) is 17.4. The second-order valence-corrected chi connectivity index (χ2v) is 8.74. The number of anilines is 2. The molecule has 9 nitrogen and oxygen atoms in total. The Bertz CT molecular complexity index is 1320. The maximum absolute atomic E-state index is 13.2. The number of Topliss-reactive ketones (excluding diaryl/α,β-unsaturated/α-hetero) is 1. The van der Waals surface area contributed by atoms with Crippen molar-refractivity contribution in [1.82, 2.24) is 10.0 Å². The van der Waals surface area contributed by atoms with Crippen molar-refractivity contribution in [1.29, 1.82) is 0 Å². The minimum atomic E-state index is -5.56. The van der Waals surface area contributed by atoms with Crippen LogP contribution in [0.15, 0.2) is 54.2 Å². The minimum Gasteiger partial charge on any atom is -0.351 e. The maximum Gasteiger partial charge on any atom is 0.511 e. The largest absolute Gasteiger partial charge is 0.511 e. The van der Waals surface area contributed by atoms with Gasteiger partial charge in [0.2, 0.25) is 5.78 Å². The van der Waals surface area contributed by atoms with Crippen molar-refractivity contribution in [2.75, 3.05) is 23.3 Å². The van der Waals surface area contributed by atoms with Gasteiger partial charge < -0.3 is 10.6 Å². The number of nitrogens with one attached hydrogen (secondary N) is 3. The fourth-order valence-corrected chi connectivity index (χ4v) is 4.00. The maximum atomic E-state index is 13.2. The molecule has 4 rings (SSSR count). The molecule has 33 heavy (non-hydrogen) atoms. The van der Waals surface area contributed by atoms with Gasteiger partial charge in [-0.1, -0.05) is 30.3 Å². The Labute approximate surface area is 185 Å². The van der Waals surface area contributed by atoms with Crippen LogP contribution in [-0.2, 0) is 14.8 Å². The number of para-hydroxylation sites is 2. The summed E-state index contributed by atoms with van der Waals surface area (Å²) >= 11 is 0. The molecule has 0 spiro atoms. The van der Waals surface area contributed by atoms with Crippen molar-refractivity contribution in [2.24, 2.45) is 0 Å². The molecule has 2 aliphatic rings. The van der Waals surface area contributed by atoms with Crippen molar-refractivity contribution < 1.29 is 36.0 Å². The average molecular weight is 480 g/mol. The monoisotopic (exact) mass is 480 g/mol. The van der Waals surface area contributed by atoms with E-state index in [0.29, 0.717) is 16.8 Å². The molecule has 0 saturated carbocycles. The van der Waals surface area contributed by atoms with Crippen molar-refractivity contribution in [3.8, 4) is 0 Å². The zero-order chi connectivity index (χ0) is 24.0. The van der Waals surface area contributed by atoms with E-state index in [0.717, 1.165) is 4.90 Å². The summed E-state index contributed by atoms with van der Waals surface area (Å²) in [5, 5.41) is 5.11. The summed E-state index contributed by atoms with van der Waals surface area (Å²) < 4.78 is 60.5. The first-order valence-corrected chi connectivity index (χ1v) is 10.9. The Morgan fingerprint density at radius 3 is 2.27 bits per heavy atom. The number of fused-ring (bicyclic) bond motifs is 2. The van der Waals surface area contributed by atoms with Crippen LogP contribution in [0.3, 0.4) is 0 Å². The molecule has 13 heteroatoms. The van der Waals surface area contributed by atoms with Crippen LogP contribution in [0.2, 0.25) is 0 Å². The molecule has 0 unspecified atom stereocenters. The fraction of sp³-hybridized carbons (Fsp3) is 0.150. The SMILES string of the molecule is O=C1/C(=C2/C(=O)N(C(=O)NCCNS(=O)(=O)C(F)(F)F)c3ccccc32)Nc2ccccc21. The molecular weight excluding hydrogens is 465 g/mol. The topological polar surface area (TPSA) is 125 Å². The van der Waals surface area contributed by atoms with E-state index in [1.165, 1.54) is 10.8 Å². The van der Waals surface area contributed by atoms with Crippen LogP contribution < -0.4 is 20.3 Å². The number of imide groups is 1. The lowest BCUT2D eigenvalue weighted by atomic mass is 10.0. The van der Waals surface area contributed by atoms with Crippen molar-refractivity contribution in [3.05, 3.63) is 65.4 Å². The van der Waals surface area contributed by atoms with Gasteiger partial charge in [0.25, 0.3) is 5.91 Å². The number of alkyl halides is 3. The number of carbonyl (C=O) groups is 3. The lowest BCUT2D eigenvalue weighted by molar-refractivity contribution is -0.112. The van der Waals surface area contributed by atoms with Gasteiger partial charge in [-0.3, -0.25) is 9.59 Å². The van der Waals surface area contributed by atoms with Gasteiger partial charge in [0.1, 0.15) is 5.70 Å². The second-order valence-electron chi connectivity index (χ2n) is 6.98. The van der Waals surface area contributed by atoms with Crippen LogP contribution in [0.25, 0.3) is 5.57 Å². The average Bonchev–Trinajstić information content (AvgIpc) is 3.23. The van der Waals surface area contributed by atoms with E-state index in [1.807, 2.05) is 0 Å². The third kappa shape index (κ3) is 3.85. The Kier molecular flexibility index (Phi) is 5.46. The normalized spacial score (nSPS) is 17.6. The number of hydrogen-bond acceptors (Lipinski definition) is 6. The third-order valence-electron chi connectivity index (χ3n) is 4.94. The first-order chi connectivity index (χ1) is 15.5. The third-order valence-corrected chi connectivity index (χ3v) is 6.13. The van der Waals surface area contributed by atoms with E-state index in [9.17, 15) is 36.0 Å². The standard InChI is InChI=1S/C20H15F3N4O5S/c21-20(22,23)33(31,32)25-10-9-24-19(30)27-14-8-4-2-6-12(14)15(18(27)29)16-17(28)11-5-1-3-7-13(11)26-16/h1-8,25-26H,9-10H2,(H,24,30)/b16-15-. The van der Waals surface area contributed by atoms with Crippen molar-refractivity contribution in [2.45, 2.75) is 5.51 Å². The van der Waals surface area contributed by atoms with Gasteiger partial charge in [-0.25, -0.2) is 22.8 Å². The van der Waals surface area contributed by atoms with Crippen LogP contribution in [0.5, 0.6) is 0 Å². The number of hydrogen-bond donors (Lipinski definition) is 3. The Hall–Kier alpha value is -3.71. The predicted octanol–water partition coefficient (Wildman–Crippen LogP) is 2.20. The molecule has 3 N–H and O–H groups in total. The number of ketones is 1. The summed E-state index contributed by atoms with van der Waals surface area (Å²) in [4.78, 5) is 39.4. The molecule has 2 aromatic carbocycles. The van der Waals surface area contributed by atoms with E-state index in [2.05, 4.69) is 10.6 Å². The van der Waals surface area contributed by atoms with Gasteiger partial charge >= 0.3 is 21.6 Å². The number of rotatable bonds is 4. The van der Waals surface area contributed by atoms with E-state index in [1.54, 1.807) is 42.5 Å². The van der Waals surface area contributed by atoms with Crippen LogP contribution in [0.1, 0.15) is 15.9 Å². The van der Waals surface area contributed by atoms with Crippen molar-refractivity contribution >= 4 is 44.7 Å². The second kappa shape index (κ2) is 8.01. The molecular formula is C20H15F3N4O5S. The summed E-state index contributed by atoms with van der Waals surface area (Å²) in [6.45, 7) is -1.27. The number of nitrogens with zero attached hydrogens (tertiary/aromatic N) is 1. The molecule has 172 valence electrons. The minimum absolute atomic E-state index is 0.00175. The molecule has 2 aromatic rings. The van der Waals surface area contributed by atoms with Gasteiger partial charge in [0, 0.05) is 29.9 Å². The van der Waals surface area contributed by atoms with Crippen LogP contribution >= 0.6 is 0 Å². The number of benzene rings is 2. The number of allylic oxidation sites excluding steroid dienone is 1. The Morgan fingerprint density at radius 1 is 0.970 bits per heavy atom. The highest BCUT2D eigenvalue weighted by molar-refractivity contribution is 7.90. The highest BCUT2D eigenvalue weighted by atomic mass is 32.2. The van der Waals surface area contributed by atoms with Crippen LogP contribution in [0.4, 0.5) is 29.3 Å². The summed E-state index contributed by atoms with van der Waals surface area (Å²) in [7, 11) is -5.56. The molecule has 2 aliphatic heterocycles. The summed E-state index contributed by atoms with van der Waals surface area (Å²) in [5.74, 6) is -1.24. The van der Waals surface area contributed by atoms with Crippen LogP contribution in [0, 0.1) is 0 Å². The molecule has 0 fully saturated rings. The van der Waals surface area contributed by atoms with Crippen LogP contribution in [-0.4, -0.2) is 44.7 Å². The summed E-state index contributed by atoms with van der Waals surface area (Å²) in [6.07, 6.45) is 0. The molecule has 0 aromatic heterocycles. The van der Waals surface area contributed by atoms with Crippen molar-refractivity contribution in [3.63, 3.8) is 0 Å². The number of amides is 3. The lowest BCUT2D eigenvalue weighted by Gasteiger charge is -2.16. The lowest BCUT2D eigenvalue weighted by Crippen LogP contribution is -2.46. The van der Waals surface area contributed by atoms with Gasteiger partial charge in [-0.05, 0) is 18.2 Å². The van der Waals surface area contributed by atoms with E-state index in [-0.39, 0.29) is 17.0 Å². The number of halogens is 3. The molecule has 2 heterocycles. The molecule has 0 radical (unpaired) electrons. The van der Waals surface area contributed by atoms with Gasteiger partial charge in [0.05, 0.1) is 11.3 Å². The number of sulfonamides is 1. The van der Waals surface area contributed by atoms with Gasteiger partial charge in [0.15, 0.2) is 0 Å².